The molecule has 14 heteroatoms. The molecule has 0 saturated heterocycles. The quantitative estimate of drug-likeness (QED) is 0.320. The molecule has 2 heterocycles. The molecule has 1 aromatic carbocycles. The second-order valence-corrected chi connectivity index (χ2v) is 9.99. The Labute approximate surface area is 214 Å². The van der Waals surface area contributed by atoms with Crippen LogP contribution in [-0.4, -0.2) is 44.3 Å². The van der Waals surface area contributed by atoms with Crippen molar-refractivity contribution in [2.24, 2.45) is 7.05 Å². The molecule has 3 rings (SSSR count). The van der Waals surface area contributed by atoms with Crippen LogP contribution in [0, 0.1) is 0 Å². The topological polar surface area (TPSA) is 116 Å². The predicted octanol–water partition coefficient (Wildman–Crippen LogP) is 3.23. The van der Waals surface area contributed by atoms with Crippen molar-refractivity contribution in [3.63, 3.8) is 0 Å². The van der Waals surface area contributed by atoms with E-state index < -0.39 is 37.3 Å². The molecule has 0 aliphatic heterocycles. The van der Waals surface area contributed by atoms with Crippen LogP contribution in [0.5, 0.6) is 0 Å². The maximum absolute atomic E-state index is 13.7. The first-order valence-electron chi connectivity index (χ1n) is 11.2. The van der Waals surface area contributed by atoms with Gasteiger partial charge in [0.15, 0.2) is 11.2 Å². The van der Waals surface area contributed by atoms with E-state index in [1.54, 1.807) is 6.92 Å². The monoisotopic (exact) mass is 556 g/mol. The lowest BCUT2D eigenvalue weighted by Crippen LogP contribution is -2.39. The zero-order chi connectivity index (χ0) is 28.3. The van der Waals surface area contributed by atoms with Crippen LogP contribution in [0.4, 0.5) is 17.6 Å². The Morgan fingerprint density at radius 2 is 1.79 bits per heavy atom. The zero-order valence-electron chi connectivity index (χ0n) is 20.3. The fourth-order valence-electron chi connectivity index (χ4n) is 3.65. The molecule has 38 heavy (non-hydrogen) atoms. The average molecular weight is 557 g/mol. The van der Waals surface area contributed by atoms with Crippen molar-refractivity contribution in [3.05, 3.63) is 81.3 Å². The number of aliphatic hydroxyl groups excluding tert-OH is 1. The predicted molar refractivity (Wildman–Crippen MR) is 133 cm³/mol. The van der Waals surface area contributed by atoms with Gasteiger partial charge in [-0.1, -0.05) is 18.2 Å². The number of imidazole rings is 1. The fourth-order valence-corrected chi connectivity index (χ4v) is 4.42. The third kappa shape index (κ3) is 5.55. The first-order chi connectivity index (χ1) is 17.8. The van der Waals surface area contributed by atoms with Gasteiger partial charge in [-0.05, 0) is 49.8 Å². The van der Waals surface area contributed by atoms with Crippen molar-refractivity contribution >= 4 is 21.0 Å². The maximum Gasteiger partial charge on any atom is 0.501 e. The van der Waals surface area contributed by atoms with E-state index in [-0.39, 0.29) is 48.7 Å². The van der Waals surface area contributed by atoms with Crippen molar-refractivity contribution < 1.29 is 31.1 Å². The number of halogens is 4. The van der Waals surface area contributed by atoms with E-state index in [4.69, 9.17) is 5.11 Å². The Kier molecular flexibility index (Phi) is 8.57. The Balaban J connectivity index is 2.24. The summed E-state index contributed by atoms with van der Waals surface area (Å²) in [7, 11) is -4.20. The van der Waals surface area contributed by atoms with Gasteiger partial charge in [0.2, 0.25) is 0 Å². The number of hydrogen-bond acceptors (Lipinski definition) is 6. The molecule has 1 N–H and O–H groups in total. The molecule has 0 amide bonds. The molecule has 0 aliphatic carbocycles. The van der Waals surface area contributed by atoms with Gasteiger partial charge in [0, 0.05) is 32.3 Å². The highest BCUT2D eigenvalue weighted by molar-refractivity contribution is 7.92. The Hall–Kier alpha value is -3.78. The highest BCUT2D eigenvalue weighted by atomic mass is 32.2. The molecule has 0 fully saturated rings. The summed E-state index contributed by atoms with van der Waals surface area (Å²) < 4.78 is 79.4. The summed E-state index contributed by atoms with van der Waals surface area (Å²) in [6.07, 6.45) is 6.92. The minimum absolute atomic E-state index is 0.0189. The van der Waals surface area contributed by atoms with Crippen LogP contribution >= 0.6 is 0 Å². The van der Waals surface area contributed by atoms with Crippen molar-refractivity contribution in [2.75, 3.05) is 6.61 Å². The van der Waals surface area contributed by atoms with E-state index in [0.29, 0.717) is 0 Å². The number of nitrogens with zero attached hydrogens (tertiary/aromatic N) is 4. The summed E-state index contributed by atoms with van der Waals surface area (Å²) in [5.41, 5.74) is -6.76. The summed E-state index contributed by atoms with van der Waals surface area (Å²) in [5, 5.41) is 9.15. The summed E-state index contributed by atoms with van der Waals surface area (Å²) in [4.78, 5) is 29.5. The largest absolute Gasteiger partial charge is 0.501 e. The van der Waals surface area contributed by atoms with E-state index >= 15 is 0 Å². The molecule has 0 unspecified atom stereocenters. The molecule has 0 aliphatic rings. The van der Waals surface area contributed by atoms with Crippen molar-refractivity contribution in [3.8, 4) is 11.4 Å². The van der Waals surface area contributed by atoms with E-state index in [1.165, 1.54) is 42.0 Å². The third-order valence-electron chi connectivity index (χ3n) is 5.51. The minimum Gasteiger partial charge on any atom is -0.396 e. The lowest BCUT2D eigenvalue weighted by molar-refractivity contribution is -0.0436. The number of sulfone groups is 1. The van der Waals surface area contributed by atoms with Crippen LogP contribution in [0.15, 0.2) is 75.0 Å². The molecular formula is C24H24F4N4O5S. The molecule has 0 radical (unpaired) electrons. The standard InChI is InChI=1S/C24H24F4N4O5S/c1-3-7-17(25)8-4-5-13-31-19-21(30(2)23(35)32(22(19)34)14-6-15-33)29-20(31)16-9-11-18(12-10-16)38(36,37)24(26,27)28/h3-5,7-12,33H,6,13-15H2,1-2H3/b5-4+,7-3-,17-8+. The van der Waals surface area contributed by atoms with E-state index in [9.17, 15) is 35.6 Å². The van der Waals surface area contributed by atoms with Gasteiger partial charge in [-0.2, -0.15) is 13.2 Å². The first kappa shape index (κ1) is 28.8. The molecular weight excluding hydrogens is 532 g/mol. The molecule has 204 valence electrons. The fraction of sp³-hybridized carbons (Fsp3) is 0.292. The smallest absolute Gasteiger partial charge is 0.396 e. The Morgan fingerprint density at radius 3 is 2.37 bits per heavy atom. The highest BCUT2D eigenvalue weighted by Gasteiger charge is 2.46. The molecule has 0 spiro atoms. The number of rotatable bonds is 9. The van der Waals surface area contributed by atoms with E-state index in [0.717, 1.165) is 33.4 Å². The number of fused-ring (bicyclic) bond motifs is 1. The molecule has 0 saturated carbocycles. The number of allylic oxidation sites excluding steroid dienone is 6. The number of hydrogen-bond donors (Lipinski definition) is 1. The second kappa shape index (κ2) is 11.3. The normalized spacial score (nSPS) is 13.4. The minimum atomic E-state index is -5.58. The number of aromatic nitrogens is 4. The van der Waals surface area contributed by atoms with Gasteiger partial charge in [0.25, 0.3) is 15.4 Å². The Bertz CT molecular complexity index is 1640. The van der Waals surface area contributed by atoms with Gasteiger partial charge in [0.1, 0.15) is 11.7 Å². The number of aryl methyl sites for hydroxylation is 1. The number of alkyl halides is 3. The van der Waals surface area contributed by atoms with Gasteiger partial charge in [-0.25, -0.2) is 22.6 Å². The van der Waals surface area contributed by atoms with E-state index in [2.05, 4.69) is 4.98 Å². The van der Waals surface area contributed by atoms with Gasteiger partial charge in [0.05, 0.1) is 4.90 Å². The van der Waals surface area contributed by atoms with Gasteiger partial charge in [-0.3, -0.25) is 13.9 Å². The van der Waals surface area contributed by atoms with Crippen LogP contribution in [0.3, 0.4) is 0 Å². The Morgan fingerprint density at radius 1 is 1.13 bits per heavy atom. The molecule has 0 atom stereocenters. The number of aliphatic hydroxyl groups is 1. The van der Waals surface area contributed by atoms with Crippen molar-refractivity contribution in [2.45, 2.75) is 36.8 Å². The van der Waals surface area contributed by atoms with Gasteiger partial charge in [-0.15, -0.1) is 0 Å². The molecule has 3 aromatic rings. The van der Waals surface area contributed by atoms with Crippen molar-refractivity contribution in [1.82, 2.24) is 18.7 Å². The van der Waals surface area contributed by atoms with Gasteiger partial charge < -0.3 is 9.67 Å². The average Bonchev–Trinajstić information content (AvgIpc) is 3.24. The molecule has 9 nitrogen and oxygen atoms in total. The van der Waals surface area contributed by atoms with Crippen LogP contribution in [-0.2, 0) is 30.0 Å². The van der Waals surface area contributed by atoms with Gasteiger partial charge >= 0.3 is 11.2 Å². The lowest BCUT2D eigenvalue weighted by atomic mass is 10.2. The first-order valence-corrected chi connectivity index (χ1v) is 12.7. The van der Waals surface area contributed by atoms with Crippen molar-refractivity contribution in [1.29, 1.82) is 0 Å². The molecule has 2 aromatic heterocycles. The summed E-state index contributed by atoms with van der Waals surface area (Å²) in [6, 6.07) is 3.75. The van der Waals surface area contributed by atoms with E-state index in [1.807, 2.05) is 0 Å². The zero-order valence-corrected chi connectivity index (χ0v) is 21.1. The lowest BCUT2D eigenvalue weighted by Gasteiger charge is -2.10. The number of benzene rings is 1. The SMILES string of the molecule is C\C=C/C(F)=C\C=C\Cn1c(-c2ccc(S(=O)(=O)C(F)(F)F)cc2)nc2c1c(=O)n(CCCO)c(=O)n2C. The van der Waals surface area contributed by atoms with Crippen LogP contribution < -0.4 is 11.2 Å². The summed E-state index contributed by atoms with van der Waals surface area (Å²) in [6.45, 7) is 1.24. The van der Waals surface area contributed by atoms with Crippen LogP contribution in [0.25, 0.3) is 22.6 Å². The summed E-state index contributed by atoms with van der Waals surface area (Å²) in [5.74, 6) is -0.472. The van der Waals surface area contributed by atoms with Crippen LogP contribution in [0.1, 0.15) is 13.3 Å². The molecule has 0 bridgehead atoms. The third-order valence-corrected chi connectivity index (χ3v) is 7.01. The maximum atomic E-state index is 13.7. The van der Waals surface area contributed by atoms with Crippen LogP contribution in [0.2, 0.25) is 0 Å². The summed E-state index contributed by atoms with van der Waals surface area (Å²) >= 11 is 0. The highest BCUT2D eigenvalue weighted by Crippen LogP contribution is 2.31. The second-order valence-electron chi connectivity index (χ2n) is 8.05.